The number of benzene rings is 1. The summed E-state index contributed by atoms with van der Waals surface area (Å²) in [5.41, 5.74) is 0.218. The number of hydrogen-bond acceptors (Lipinski definition) is 4. The summed E-state index contributed by atoms with van der Waals surface area (Å²) >= 11 is 17.1. The van der Waals surface area contributed by atoms with Gasteiger partial charge in [0.05, 0.1) is 17.0 Å². The summed E-state index contributed by atoms with van der Waals surface area (Å²) in [5, 5.41) is 3.06. The highest BCUT2D eigenvalue weighted by Crippen LogP contribution is 2.31. The zero-order valence-electron chi connectivity index (χ0n) is 11.4. The van der Waals surface area contributed by atoms with E-state index in [1.54, 1.807) is 24.3 Å². The fourth-order valence-corrected chi connectivity index (χ4v) is 2.82. The largest absolute Gasteiger partial charge is 0.465 e. The molecular weight excluding hydrogens is 359 g/mol. The highest BCUT2D eigenvalue weighted by Gasteiger charge is 2.35. The monoisotopic (exact) mass is 366 g/mol. The molecule has 0 atom stereocenters. The normalized spacial score (nSPS) is 16.9. The quantitative estimate of drug-likeness (QED) is 0.502. The predicted molar refractivity (Wildman–Crippen MR) is 91.4 cm³/mol. The van der Waals surface area contributed by atoms with Crippen LogP contribution in [-0.4, -0.2) is 16.9 Å². The van der Waals surface area contributed by atoms with Crippen molar-refractivity contribution >= 4 is 64.1 Å². The molecular formula is C15H8Cl2N2O3S. The van der Waals surface area contributed by atoms with Gasteiger partial charge in [0, 0.05) is 5.02 Å². The summed E-state index contributed by atoms with van der Waals surface area (Å²) in [6.07, 6.45) is 2.78. The average molecular weight is 367 g/mol. The Balaban J connectivity index is 2.05. The molecule has 1 saturated heterocycles. The van der Waals surface area contributed by atoms with Gasteiger partial charge in [-0.3, -0.25) is 19.8 Å². The van der Waals surface area contributed by atoms with Gasteiger partial charge in [0.25, 0.3) is 11.8 Å². The lowest BCUT2D eigenvalue weighted by atomic mass is 10.1. The first-order valence-electron chi connectivity index (χ1n) is 6.37. The second-order valence-electron chi connectivity index (χ2n) is 4.57. The number of furan rings is 1. The first kappa shape index (κ1) is 15.7. The standard InChI is InChI=1S/C15H8Cl2N2O3S/c16-8-3-4-12(11(17)6-8)19-14(21)10(13(20)18-15(19)23)7-9-2-1-5-22-9/h1-7H,(H,18,20,23)/b10-7+. The molecule has 2 aromatic rings. The fourth-order valence-electron chi connectivity index (χ4n) is 2.05. The van der Waals surface area contributed by atoms with Crippen LogP contribution in [0.1, 0.15) is 5.76 Å². The van der Waals surface area contributed by atoms with Crippen molar-refractivity contribution in [2.75, 3.05) is 4.90 Å². The third-order valence-electron chi connectivity index (χ3n) is 3.08. The molecule has 1 aliphatic rings. The third-order valence-corrected chi connectivity index (χ3v) is 3.90. The topological polar surface area (TPSA) is 62.6 Å². The van der Waals surface area contributed by atoms with E-state index in [1.165, 1.54) is 18.4 Å². The molecule has 5 nitrogen and oxygen atoms in total. The van der Waals surface area contributed by atoms with Crippen LogP contribution in [0.4, 0.5) is 5.69 Å². The van der Waals surface area contributed by atoms with E-state index in [9.17, 15) is 9.59 Å². The molecule has 0 aliphatic carbocycles. The van der Waals surface area contributed by atoms with Gasteiger partial charge < -0.3 is 4.42 Å². The molecule has 0 saturated carbocycles. The van der Waals surface area contributed by atoms with Crippen LogP contribution in [0, 0.1) is 0 Å². The van der Waals surface area contributed by atoms with E-state index >= 15 is 0 Å². The molecule has 116 valence electrons. The maximum Gasteiger partial charge on any atom is 0.270 e. The van der Waals surface area contributed by atoms with Crippen LogP contribution in [0.5, 0.6) is 0 Å². The number of amides is 2. The zero-order chi connectivity index (χ0) is 16.6. The number of carbonyl (C=O) groups is 2. The Hall–Kier alpha value is -2.15. The van der Waals surface area contributed by atoms with Gasteiger partial charge >= 0.3 is 0 Å². The van der Waals surface area contributed by atoms with E-state index in [0.29, 0.717) is 16.5 Å². The molecule has 2 heterocycles. The van der Waals surface area contributed by atoms with Gasteiger partial charge in [-0.25, -0.2) is 0 Å². The Morgan fingerprint density at radius 3 is 2.65 bits per heavy atom. The molecule has 1 aliphatic heterocycles. The Kier molecular flexibility index (Phi) is 4.21. The van der Waals surface area contributed by atoms with E-state index in [2.05, 4.69) is 5.32 Å². The molecule has 23 heavy (non-hydrogen) atoms. The number of nitrogens with zero attached hydrogens (tertiary/aromatic N) is 1. The molecule has 1 aromatic carbocycles. The molecule has 0 radical (unpaired) electrons. The summed E-state index contributed by atoms with van der Waals surface area (Å²) in [6, 6.07) is 7.89. The average Bonchev–Trinajstić information content (AvgIpc) is 2.98. The summed E-state index contributed by atoms with van der Waals surface area (Å²) < 4.78 is 5.14. The van der Waals surface area contributed by atoms with Crippen molar-refractivity contribution < 1.29 is 14.0 Å². The Labute approximate surface area is 146 Å². The molecule has 1 aromatic heterocycles. The van der Waals surface area contributed by atoms with Crippen LogP contribution in [0.25, 0.3) is 6.08 Å². The van der Waals surface area contributed by atoms with Gasteiger partial charge in [-0.05, 0) is 48.6 Å². The number of carbonyl (C=O) groups excluding carboxylic acids is 2. The fraction of sp³-hybridized carbons (Fsp3) is 0. The lowest BCUT2D eigenvalue weighted by molar-refractivity contribution is -0.122. The van der Waals surface area contributed by atoms with Crippen LogP contribution < -0.4 is 10.2 Å². The molecule has 2 amide bonds. The number of rotatable bonds is 2. The predicted octanol–water partition coefficient (Wildman–Crippen LogP) is 3.42. The maximum absolute atomic E-state index is 12.7. The second kappa shape index (κ2) is 6.16. The van der Waals surface area contributed by atoms with Crippen molar-refractivity contribution in [3.8, 4) is 0 Å². The van der Waals surface area contributed by atoms with Gasteiger partial charge in [0.15, 0.2) is 5.11 Å². The number of thiocarbonyl (C=S) groups is 1. The molecule has 0 bridgehead atoms. The van der Waals surface area contributed by atoms with E-state index in [4.69, 9.17) is 39.8 Å². The lowest BCUT2D eigenvalue weighted by Crippen LogP contribution is -2.54. The molecule has 0 spiro atoms. The molecule has 0 unspecified atom stereocenters. The van der Waals surface area contributed by atoms with Crippen molar-refractivity contribution in [1.29, 1.82) is 0 Å². The summed E-state index contributed by atoms with van der Waals surface area (Å²) in [5.74, 6) is -0.824. The van der Waals surface area contributed by atoms with Crippen LogP contribution in [0.2, 0.25) is 10.0 Å². The summed E-state index contributed by atoms with van der Waals surface area (Å²) in [6.45, 7) is 0. The van der Waals surface area contributed by atoms with Crippen molar-refractivity contribution in [3.05, 3.63) is 58.0 Å². The van der Waals surface area contributed by atoms with E-state index in [-0.39, 0.29) is 15.7 Å². The highest BCUT2D eigenvalue weighted by molar-refractivity contribution is 7.80. The number of nitrogens with one attached hydrogen (secondary N) is 1. The molecule has 8 heteroatoms. The van der Waals surface area contributed by atoms with Crippen LogP contribution in [0.15, 0.2) is 46.6 Å². The van der Waals surface area contributed by atoms with Crippen LogP contribution >= 0.6 is 35.4 Å². The first-order chi connectivity index (χ1) is 11.0. The minimum absolute atomic E-state index is 0.0548. The van der Waals surface area contributed by atoms with E-state index in [1.807, 2.05) is 0 Å². The van der Waals surface area contributed by atoms with Crippen molar-refractivity contribution in [2.45, 2.75) is 0 Å². The van der Waals surface area contributed by atoms with Crippen LogP contribution in [0.3, 0.4) is 0 Å². The van der Waals surface area contributed by atoms with Crippen molar-refractivity contribution in [3.63, 3.8) is 0 Å². The summed E-state index contributed by atoms with van der Waals surface area (Å²) in [4.78, 5) is 25.9. The third kappa shape index (κ3) is 3.01. The van der Waals surface area contributed by atoms with Gasteiger partial charge in [0.1, 0.15) is 11.3 Å². The van der Waals surface area contributed by atoms with E-state index < -0.39 is 11.8 Å². The second-order valence-corrected chi connectivity index (χ2v) is 5.80. The number of hydrogen-bond donors (Lipinski definition) is 1. The highest BCUT2D eigenvalue weighted by atomic mass is 35.5. The lowest BCUT2D eigenvalue weighted by Gasteiger charge is -2.29. The van der Waals surface area contributed by atoms with Gasteiger partial charge in [-0.2, -0.15) is 0 Å². The SMILES string of the molecule is O=C1NC(=S)N(c2ccc(Cl)cc2Cl)C(=O)/C1=C/c1ccco1. The van der Waals surface area contributed by atoms with Gasteiger partial charge in [0.2, 0.25) is 0 Å². The smallest absolute Gasteiger partial charge is 0.270 e. The number of anilines is 1. The minimum atomic E-state index is -0.599. The zero-order valence-corrected chi connectivity index (χ0v) is 13.7. The maximum atomic E-state index is 12.7. The van der Waals surface area contributed by atoms with Gasteiger partial charge in [-0.1, -0.05) is 23.2 Å². The number of halogens is 2. The van der Waals surface area contributed by atoms with E-state index in [0.717, 1.165) is 4.90 Å². The first-order valence-corrected chi connectivity index (χ1v) is 7.54. The van der Waals surface area contributed by atoms with Crippen molar-refractivity contribution in [2.24, 2.45) is 0 Å². The van der Waals surface area contributed by atoms with Gasteiger partial charge in [-0.15, -0.1) is 0 Å². The minimum Gasteiger partial charge on any atom is -0.465 e. The molecule has 3 rings (SSSR count). The Bertz CT molecular complexity index is 846. The summed E-state index contributed by atoms with van der Waals surface area (Å²) in [7, 11) is 0. The molecule has 1 fully saturated rings. The Morgan fingerprint density at radius 2 is 2.00 bits per heavy atom. The molecule has 1 N–H and O–H groups in total. The van der Waals surface area contributed by atoms with Crippen LogP contribution in [-0.2, 0) is 9.59 Å². The Morgan fingerprint density at radius 1 is 1.22 bits per heavy atom. The van der Waals surface area contributed by atoms with Crippen molar-refractivity contribution in [1.82, 2.24) is 5.32 Å².